The number of hydrogen-bond donors (Lipinski definition) is 1. The molecule has 0 fully saturated rings. The van der Waals surface area contributed by atoms with E-state index < -0.39 is 29.9 Å². The first kappa shape index (κ1) is 18.6. The molecule has 1 aromatic heterocycles. The van der Waals surface area contributed by atoms with E-state index in [1.54, 1.807) is 25.1 Å². The quantitative estimate of drug-likeness (QED) is 0.840. The highest BCUT2D eigenvalue weighted by Gasteiger charge is 2.37. The van der Waals surface area contributed by atoms with Gasteiger partial charge in [0.2, 0.25) is 0 Å². The summed E-state index contributed by atoms with van der Waals surface area (Å²) in [6, 6.07) is 4.84. The molecule has 0 radical (unpaired) electrons. The third kappa shape index (κ3) is 4.42. The topological polar surface area (TPSA) is 72.4 Å². The van der Waals surface area contributed by atoms with Gasteiger partial charge in [-0.2, -0.15) is 13.2 Å². The molecular weight excluding hydrogens is 337 g/mol. The number of Topliss-reactive ketones (excluding diaryl/α,β-unsaturated/α-hetero) is 1. The van der Waals surface area contributed by atoms with Gasteiger partial charge < -0.3 is 5.11 Å². The lowest BCUT2D eigenvalue weighted by atomic mass is 9.94. The fourth-order valence-corrected chi connectivity index (χ4v) is 2.23. The predicted octanol–water partition coefficient (Wildman–Crippen LogP) is 2.72. The number of aromatic nitrogens is 3. The molecule has 6 nitrogen and oxygen atoms in total. The minimum absolute atomic E-state index is 0.118. The molecule has 2 aromatic rings. The third-order valence-corrected chi connectivity index (χ3v) is 3.61. The van der Waals surface area contributed by atoms with Crippen LogP contribution in [0, 0.1) is 13.5 Å². The Hall–Kier alpha value is -2.73. The van der Waals surface area contributed by atoms with Crippen LogP contribution in [0.15, 0.2) is 24.5 Å². The fourth-order valence-electron chi connectivity index (χ4n) is 2.23. The average Bonchev–Trinajstić information content (AvgIpc) is 2.95. The maximum absolute atomic E-state index is 12.5. The minimum atomic E-state index is -4.69. The second-order valence-corrected chi connectivity index (χ2v) is 5.87. The van der Waals surface area contributed by atoms with Crippen LogP contribution in [0.5, 0.6) is 0 Å². The molecule has 0 amide bonds. The Balaban J connectivity index is 2.11. The maximum atomic E-state index is 12.5. The van der Waals surface area contributed by atoms with E-state index in [4.69, 9.17) is 6.57 Å². The molecule has 0 saturated carbocycles. The summed E-state index contributed by atoms with van der Waals surface area (Å²) in [6.07, 6.45) is -3.99. The molecule has 132 valence electrons. The van der Waals surface area contributed by atoms with E-state index in [0.717, 1.165) is 11.0 Å². The van der Waals surface area contributed by atoms with Gasteiger partial charge in [-0.15, -0.1) is 5.10 Å². The van der Waals surface area contributed by atoms with Crippen molar-refractivity contribution >= 4 is 11.5 Å². The molecule has 1 atom stereocenters. The van der Waals surface area contributed by atoms with Gasteiger partial charge in [-0.05, 0) is 25.0 Å². The molecule has 1 aromatic carbocycles. The van der Waals surface area contributed by atoms with Gasteiger partial charge in [-0.25, -0.2) is 14.5 Å². The summed E-state index contributed by atoms with van der Waals surface area (Å²) in [5.74, 6) is -1.91. The van der Waals surface area contributed by atoms with Gasteiger partial charge in [-0.3, -0.25) is 4.79 Å². The van der Waals surface area contributed by atoms with Crippen molar-refractivity contribution in [2.75, 3.05) is 0 Å². The first-order chi connectivity index (χ1) is 11.5. The van der Waals surface area contributed by atoms with Gasteiger partial charge in [0.15, 0.2) is 11.5 Å². The standard InChI is InChI=1S/C16H15F3N4O2/c1-10-6-11(4-5-12(10)20-3)7-13(24)15(2,25)8-23-9-21-14(22-23)16(17,18)19/h4-6,9,25H,7-8H2,1-2H3/t15-/m0/s1. The number of alkyl halides is 3. The van der Waals surface area contributed by atoms with Gasteiger partial charge in [0, 0.05) is 6.42 Å². The Morgan fingerprint density at radius 3 is 2.60 bits per heavy atom. The van der Waals surface area contributed by atoms with Crippen molar-refractivity contribution in [2.45, 2.75) is 38.6 Å². The Labute approximate surface area is 141 Å². The monoisotopic (exact) mass is 352 g/mol. The number of aliphatic hydroxyl groups is 1. The van der Waals surface area contributed by atoms with Crippen LogP contribution in [-0.2, 0) is 23.9 Å². The van der Waals surface area contributed by atoms with Gasteiger partial charge in [0.05, 0.1) is 13.1 Å². The zero-order chi connectivity index (χ0) is 18.8. The van der Waals surface area contributed by atoms with Crippen LogP contribution in [0.1, 0.15) is 23.9 Å². The van der Waals surface area contributed by atoms with Crippen LogP contribution >= 0.6 is 0 Å². The molecule has 0 saturated heterocycles. The van der Waals surface area contributed by atoms with E-state index in [9.17, 15) is 23.1 Å². The van der Waals surface area contributed by atoms with Crippen molar-refractivity contribution < 1.29 is 23.1 Å². The lowest BCUT2D eigenvalue weighted by Crippen LogP contribution is -2.41. The molecule has 25 heavy (non-hydrogen) atoms. The third-order valence-electron chi connectivity index (χ3n) is 3.61. The average molecular weight is 352 g/mol. The zero-order valence-corrected chi connectivity index (χ0v) is 13.5. The van der Waals surface area contributed by atoms with E-state index in [0.29, 0.717) is 16.8 Å². The largest absolute Gasteiger partial charge is 0.453 e. The highest BCUT2D eigenvalue weighted by Crippen LogP contribution is 2.26. The van der Waals surface area contributed by atoms with Crippen LogP contribution in [0.25, 0.3) is 4.85 Å². The molecule has 0 aliphatic heterocycles. The summed E-state index contributed by atoms with van der Waals surface area (Å²) in [6.45, 7) is 9.48. The summed E-state index contributed by atoms with van der Waals surface area (Å²) in [5, 5.41) is 13.5. The van der Waals surface area contributed by atoms with Crippen LogP contribution in [0.4, 0.5) is 18.9 Å². The van der Waals surface area contributed by atoms with Crippen LogP contribution in [0.2, 0.25) is 0 Å². The second kappa shape index (κ2) is 6.64. The van der Waals surface area contributed by atoms with Gasteiger partial charge in [-0.1, -0.05) is 18.2 Å². The van der Waals surface area contributed by atoms with E-state index >= 15 is 0 Å². The fraction of sp³-hybridized carbons (Fsp3) is 0.375. The number of halogens is 3. The molecular formula is C16H15F3N4O2. The van der Waals surface area contributed by atoms with Crippen LogP contribution in [0.3, 0.4) is 0 Å². The highest BCUT2D eigenvalue weighted by molar-refractivity contribution is 5.88. The van der Waals surface area contributed by atoms with E-state index in [-0.39, 0.29) is 6.42 Å². The van der Waals surface area contributed by atoms with Crippen LogP contribution in [-0.4, -0.2) is 31.3 Å². The maximum Gasteiger partial charge on any atom is 0.453 e. The predicted molar refractivity (Wildman–Crippen MR) is 81.8 cm³/mol. The number of nitrogens with zero attached hydrogens (tertiary/aromatic N) is 4. The molecule has 0 unspecified atom stereocenters. The van der Waals surface area contributed by atoms with Crippen molar-refractivity contribution in [3.63, 3.8) is 0 Å². The van der Waals surface area contributed by atoms with Crippen molar-refractivity contribution in [1.29, 1.82) is 0 Å². The van der Waals surface area contributed by atoms with Crippen molar-refractivity contribution in [3.8, 4) is 0 Å². The molecule has 0 aliphatic carbocycles. The Morgan fingerprint density at radius 2 is 2.08 bits per heavy atom. The van der Waals surface area contributed by atoms with Crippen molar-refractivity contribution in [1.82, 2.24) is 14.8 Å². The summed E-state index contributed by atoms with van der Waals surface area (Å²) in [5.41, 5.74) is -0.149. The second-order valence-electron chi connectivity index (χ2n) is 5.87. The number of aryl methyl sites for hydroxylation is 1. The smallest absolute Gasteiger partial charge is 0.380 e. The molecule has 1 heterocycles. The minimum Gasteiger partial charge on any atom is -0.380 e. The normalized spacial score (nSPS) is 14.0. The van der Waals surface area contributed by atoms with Crippen molar-refractivity contribution in [2.24, 2.45) is 0 Å². The zero-order valence-electron chi connectivity index (χ0n) is 13.5. The number of benzene rings is 1. The lowest BCUT2D eigenvalue weighted by molar-refractivity contribution is -0.145. The first-order valence-corrected chi connectivity index (χ1v) is 7.22. The number of carbonyl (C=O) groups excluding carboxylic acids is 1. The summed E-state index contributed by atoms with van der Waals surface area (Å²) in [4.78, 5) is 18.8. The molecule has 0 bridgehead atoms. The summed E-state index contributed by atoms with van der Waals surface area (Å²) >= 11 is 0. The van der Waals surface area contributed by atoms with E-state index in [1.165, 1.54) is 6.92 Å². The van der Waals surface area contributed by atoms with Gasteiger partial charge in [0.25, 0.3) is 5.82 Å². The molecule has 2 rings (SSSR count). The Morgan fingerprint density at radius 1 is 1.40 bits per heavy atom. The number of ketones is 1. The number of carbonyl (C=O) groups is 1. The molecule has 1 N–H and O–H groups in total. The van der Waals surface area contributed by atoms with Crippen LogP contribution < -0.4 is 0 Å². The molecule has 9 heteroatoms. The van der Waals surface area contributed by atoms with E-state index in [2.05, 4.69) is 14.9 Å². The van der Waals surface area contributed by atoms with E-state index in [1.807, 2.05) is 0 Å². The summed E-state index contributed by atoms with van der Waals surface area (Å²) in [7, 11) is 0. The Bertz CT molecular complexity index is 835. The first-order valence-electron chi connectivity index (χ1n) is 7.22. The Kier molecular flexibility index (Phi) is 4.94. The number of rotatable bonds is 5. The van der Waals surface area contributed by atoms with Gasteiger partial charge in [0.1, 0.15) is 11.9 Å². The summed E-state index contributed by atoms with van der Waals surface area (Å²) < 4.78 is 38.3. The highest BCUT2D eigenvalue weighted by atomic mass is 19.4. The number of hydrogen-bond acceptors (Lipinski definition) is 4. The molecule has 0 spiro atoms. The lowest BCUT2D eigenvalue weighted by Gasteiger charge is -2.21. The van der Waals surface area contributed by atoms with Gasteiger partial charge >= 0.3 is 6.18 Å². The SMILES string of the molecule is [C-]#[N+]c1ccc(CC(=O)[C@@](C)(O)Cn2cnc(C(F)(F)F)n2)cc1C. The molecule has 0 aliphatic rings. The van der Waals surface area contributed by atoms with Crippen molar-refractivity contribution in [3.05, 3.63) is 52.9 Å².